The monoisotopic (exact) mass is 493 g/mol. The number of hydrogen-bond donors (Lipinski definition) is 1. The van der Waals surface area contributed by atoms with Crippen LogP contribution in [0.15, 0.2) is 66.2 Å². The van der Waals surface area contributed by atoms with E-state index < -0.39 is 17.7 Å². The van der Waals surface area contributed by atoms with E-state index in [2.05, 4.69) is 0 Å². The Morgan fingerprint density at radius 2 is 1.79 bits per heavy atom. The Hall–Kier alpha value is -3.28. The highest BCUT2D eigenvalue weighted by Crippen LogP contribution is 2.43. The highest BCUT2D eigenvalue weighted by molar-refractivity contribution is 6.51. The molecule has 1 atom stereocenters. The molecule has 172 valence electrons. The number of fused-ring (bicyclic) bond motifs is 1. The molecule has 0 radical (unpaired) electrons. The van der Waals surface area contributed by atoms with E-state index in [1.54, 1.807) is 54.6 Å². The standard InChI is InChI=1S/C27H21Cl2NO4/c1-15-4-10-20(14-21(15)29)30-24(16-5-8-19(28)9-6-16)23(26(32)27(30)33)25(31)18-7-11-22-17(13-18)3-2-12-34-22/h4-11,13-14,24,31H,2-3,12H2,1H3/b25-23-. The minimum atomic E-state index is -0.844. The van der Waals surface area contributed by atoms with Crippen molar-refractivity contribution in [1.29, 1.82) is 0 Å². The lowest BCUT2D eigenvalue weighted by atomic mass is 9.94. The zero-order valence-electron chi connectivity index (χ0n) is 18.3. The summed E-state index contributed by atoms with van der Waals surface area (Å²) in [5.41, 5.74) is 3.39. The lowest BCUT2D eigenvalue weighted by molar-refractivity contribution is -0.132. The van der Waals surface area contributed by atoms with Crippen molar-refractivity contribution in [3.05, 3.63) is 98.5 Å². The number of carbonyl (C=O) groups is 2. The third-order valence-corrected chi connectivity index (χ3v) is 6.90. The van der Waals surface area contributed by atoms with Crippen LogP contribution in [-0.4, -0.2) is 23.4 Å². The van der Waals surface area contributed by atoms with E-state index in [-0.39, 0.29) is 11.3 Å². The Kier molecular flexibility index (Phi) is 5.84. The van der Waals surface area contributed by atoms with E-state index >= 15 is 0 Å². The number of ketones is 1. The van der Waals surface area contributed by atoms with E-state index in [1.165, 1.54) is 4.90 Å². The van der Waals surface area contributed by atoms with Gasteiger partial charge in [-0.25, -0.2) is 0 Å². The summed E-state index contributed by atoms with van der Waals surface area (Å²) in [6.45, 7) is 2.51. The number of Topliss-reactive ketones (excluding diaryl/α,β-unsaturated/α-hetero) is 1. The van der Waals surface area contributed by atoms with Gasteiger partial charge in [0.25, 0.3) is 11.7 Å². The predicted molar refractivity (Wildman–Crippen MR) is 133 cm³/mol. The summed E-state index contributed by atoms with van der Waals surface area (Å²) < 4.78 is 5.67. The number of carbonyl (C=O) groups excluding carboxylic acids is 2. The van der Waals surface area contributed by atoms with E-state index in [0.717, 1.165) is 29.7 Å². The number of amides is 1. The van der Waals surface area contributed by atoms with Gasteiger partial charge in [0, 0.05) is 21.3 Å². The average molecular weight is 494 g/mol. The largest absolute Gasteiger partial charge is 0.507 e. The molecule has 1 unspecified atom stereocenters. The molecule has 0 spiro atoms. The molecule has 0 aromatic heterocycles. The summed E-state index contributed by atoms with van der Waals surface area (Å²) in [5, 5.41) is 12.3. The molecule has 2 aliphatic rings. The summed E-state index contributed by atoms with van der Waals surface area (Å²) in [6, 6.07) is 16.5. The fourth-order valence-corrected chi connectivity index (χ4v) is 4.75. The van der Waals surface area contributed by atoms with Crippen LogP contribution < -0.4 is 9.64 Å². The Morgan fingerprint density at radius 3 is 2.53 bits per heavy atom. The zero-order valence-corrected chi connectivity index (χ0v) is 19.9. The van der Waals surface area contributed by atoms with E-state index in [1.807, 2.05) is 13.0 Å². The number of rotatable bonds is 3. The van der Waals surface area contributed by atoms with Gasteiger partial charge in [0.1, 0.15) is 11.5 Å². The van der Waals surface area contributed by atoms with E-state index in [9.17, 15) is 14.7 Å². The molecule has 1 saturated heterocycles. The molecule has 1 N–H and O–H groups in total. The number of ether oxygens (including phenoxy) is 1. The van der Waals surface area contributed by atoms with Crippen molar-refractivity contribution < 1.29 is 19.4 Å². The first-order chi connectivity index (χ1) is 16.3. The van der Waals surface area contributed by atoms with Crippen molar-refractivity contribution in [3.63, 3.8) is 0 Å². The first kappa shape index (κ1) is 22.5. The van der Waals surface area contributed by atoms with Crippen molar-refractivity contribution in [1.82, 2.24) is 0 Å². The molecule has 0 aliphatic carbocycles. The highest BCUT2D eigenvalue weighted by Gasteiger charge is 2.47. The number of aliphatic hydroxyl groups excluding tert-OH is 1. The fourth-order valence-electron chi connectivity index (χ4n) is 4.45. The highest BCUT2D eigenvalue weighted by atomic mass is 35.5. The quantitative estimate of drug-likeness (QED) is 0.266. The average Bonchev–Trinajstić information content (AvgIpc) is 3.11. The molecule has 0 saturated carbocycles. The van der Waals surface area contributed by atoms with Crippen LogP contribution in [0, 0.1) is 6.92 Å². The Balaban J connectivity index is 1.70. The van der Waals surface area contributed by atoms with Gasteiger partial charge in [-0.2, -0.15) is 0 Å². The van der Waals surface area contributed by atoms with Gasteiger partial charge >= 0.3 is 0 Å². The summed E-state index contributed by atoms with van der Waals surface area (Å²) in [7, 11) is 0. The van der Waals surface area contributed by atoms with Crippen LogP contribution in [0.25, 0.3) is 5.76 Å². The maximum atomic E-state index is 13.3. The second-order valence-corrected chi connectivity index (χ2v) is 9.27. The van der Waals surface area contributed by atoms with E-state index in [4.69, 9.17) is 27.9 Å². The molecular weight excluding hydrogens is 473 g/mol. The van der Waals surface area contributed by atoms with Gasteiger partial charge in [-0.05, 0) is 78.9 Å². The summed E-state index contributed by atoms with van der Waals surface area (Å²) in [4.78, 5) is 28.0. The lowest BCUT2D eigenvalue weighted by Crippen LogP contribution is -2.29. The number of anilines is 1. The van der Waals surface area contributed by atoms with Gasteiger partial charge in [0.15, 0.2) is 0 Å². The van der Waals surface area contributed by atoms with Crippen molar-refractivity contribution in [3.8, 4) is 5.75 Å². The molecule has 5 rings (SSSR count). The summed E-state index contributed by atoms with van der Waals surface area (Å²) in [5.74, 6) is -0.954. The Morgan fingerprint density at radius 1 is 1.03 bits per heavy atom. The van der Waals surface area contributed by atoms with Crippen LogP contribution in [0.5, 0.6) is 5.75 Å². The van der Waals surface area contributed by atoms with Crippen LogP contribution >= 0.6 is 23.2 Å². The number of hydrogen-bond acceptors (Lipinski definition) is 4. The van der Waals surface area contributed by atoms with Gasteiger partial charge in [-0.15, -0.1) is 0 Å². The first-order valence-electron chi connectivity index (χ1n) is 10.9. The Bertz CT molecular complexity index is 1350. The minimum Gasteiger partial charge on any atom is -0.507 e. The molecule has 7 heteroatoms. The van der Waals surface area contributed by atoms with Crippen LogP contribution in [0.4, 0.5) is 5.69 Å². The smallest absolute Gasteiger partial charge is 0.300 e. The second kappa shape index (κ2) is 8.82. The third kappa shape index (κ3) is 3.85. The lowest BCUT2D eigenvalue weighted by Gasteiger charge is -2.26. The molecular formula is C27H21Cl2NO4. The van der Waals surface area contributed by atoms with Gasteiger partial charge in [0.05, 0.1) is 18.2 Å². The fraction of sp³-hybridized carbons (Fsp3) is 0.185. The topological polar surface area (TPSA) is 66.8 Å². The number of aryl methyl sites for hydroxylation is 2. The molecule has 3 aromatic carbocycles. The molecule has 2 aliphatic heterocycles. The van der Waals surface area contributed by atoms with Crippen molar-refractivity contribution in [2.75, 3.05) is 11.5 Å². The van der Waals surface area contributed by atoms with Gasteiger partial charge < -0.3 is 9.84 Å². The maximum absolute atomic E-state index is 13.3. The molecule has 5 nitrogen and oxygen atoms in total. The number of halogens is 2. The summed E-state index contributed by atoms with van der Waals surface area (Å²) in [6.07, 6.45) is 1.69. The maximum Gasteiger partial charge on any atom is 0.300 e. The van der Waals surface area contributed by atoms with Gasteiger partial charge in [0.2, 0.25) is 0 Å². The predicted octanol–water partition coefficient (Wildman–Crippen LogP) is 6.25. The number of aliphatic hydroxyl groups is 1. The molecule has 0 bridgehead atoms. The number of benzene rings is 3. The first-order valence-corrected chi connectivity index (χ1v) is 11.7. The van der Waals surface area contributed by atoms with Crippen molar-refractivity contribution in [2.45, 2.75) is 25.8 Å². The Labute approximate surface area is 207 Å². The normalized spacial score (nSPS) is 19.1. The molecule has 34 heavy (non-hydrogen) atoms. The van der Waals surface area contributed by atoms with Crippen LogP contribution in [0.2, 0.25) is 10.0 Å². The molecule has 1 amide bonds. The number of nitrogens with zero attached hydrogens (tertiary/aromatic N) is 1. The molecule has 1 fully saturated rings. The van der Waals surface area contributed by atoms with E-state index in [0.29, 0.717) is 33.5 Å². The summed E-state index contributed by atoms with van der Waals surface area (Å²) >= 11 is 12.4. The second-order valence-electron chi connectivity index (χ2n) is 8.43. The minimum absolute atomic E-state index is 0.0145. The third-order valence-electron chi connectivity index (χ3n) is 6.25. The van der Waals surface area contributed by atoms with Gasteiger partial charge in [-0.3, -0.25) is 14.5 Å². The zero-order chi connectivity index (χ0) is 24.0. The van der Waals surface area contributed by atoms with Crippen LogP contribution in [0.1, 0.15) is 34.7 Å². The van der Waals surface area contributed by atoms with Crippen LogP contribution in [-0.2, 0) is 16.0 Å². The molecule has 2 heterocycles. The SMILES string of the molecule is Cc1ccc(N2C(=O)C(=O)/C(=C(\O)c3ccc4c(c3)CCCO4)C2c2ccc(Cl)cc2)cc1Cl. The van der Waals surface area contributed by atoms with Crippen molar-refractivity contribution >= 4 is 46.3 Å². The van der Waals surface area contributed by atoms with Crippen LogP contribution in [0.3, 0.4) is 0 Å². The van der Waals surface area contributed by atoms with Crippen molar-refractivity contribution in [2.24, 2.45) is 0 Å². The molecule has 3 aromatic rings. The van der Waals surface area contributed by atoms with Gasteiger partial charge in [-0.1, -0.05) is 41.4 Å².